The van der Waals surface area contributed by atoms with E-state index in [2.05, 4.69) is 22.3 Å². The lowest BCUT2D eigenvalue weighted by molar-refractivity contribution is 0.0999. The van der Waals surface area contributed by atoms with Gasteiger partial charge < -0.3 is 5.73 Å². The molecule has 0 atom stereocenters. The third-order valence-electron chi connectivity index (χ3n) is 4.61. The van der Waals surface area contributed by atoms with Crippen LogP contribution < -0.4 is 5.73 Å². The summed E-state index contributed by atoms with van der Waals surface area (Å²) in [5.41, 5.74) is 8.93. The molecule has 4 rings (SSSR count). The average Bonchev–Trinajstić information content (AvgIpc) is 3.15. The number of aromatic nitrogens is 3. The normalized spacial score (nSPS) is 10.8. The lowest BCUT2D eigenvalue weighted by atomic mass is 10.1. The molecule has 150 valence electrons. The second kappa shape index (κ2) is 9.15. The van der Waals surface area contributed by atoms with Crippen LogP contribution in [-0.4, -0.2) is 20.7 Å². The summed E-state index contributed by atoms with van der Waals surface area (Å²) in [4.78, 5) is 11.7. The van der Waals surface area contributed by atoms with Gasteiger partial charge in [-0.2, -0.15) is 0 Å². The molecule has 4 aromatic rings. The Hall–Kier alpha value is -3.09. The highest BCUT2D eigenvalue weighted by atomic mass is 35.5. The zero-order valence-electron chi connectivity index (χ0n) is 16.0. The number of primary amides is 1. The molecule has 0 radical (unpaired) electrons. The number of nitrogens with two attached hydrogens (primary N) is 1. The molecule has 0 spiro atoms. The Morgan fingerprint density at radius 2 is 1.73 bits per heavy atom. The van der Waals surface area contributed by atoms with E-state index >= 15 is 0 Å². The Bertz CT molecular complexity index is 1180. The molecule has 3 aromatic carbocycles. The maximum Gasteiger partial charge on any atom is 0.249 e. The molecule has 30 heavy (non-hydrogen) atoms. The van der Waals surface area contributed by atoms with Gasteiger partial charge in [0.2, 0.25) is 5.91 Å². The van der Waals surface area contributed by atoms with Gasteiger partial charge in [-0.1, -0.05) is 78.0 Å². The van der Waals surface area contributed by atoms with E-state index in [1.54, 1.807) is 12.1 Å². The summed E-state index contributed by atoms with van der Waals surface area (Å²) in [7, 11) is 0. The number of halogens is 1. The van der Waals surface area contributed by atoms with Gasteiger partial charge in [-0.15, -0.1) is 10.2 Å². The number of carbonyl (C=O) groups excluding carboxylic acids is 1. The number of thioether (sulfide) groups is 1. The molecule has 1 heterocycles. The van der Waals surface area contributed by atoms with Gasteiger partial charge >= 0.3 is 0 Å². The smallest absolute Gasteiger partial charge is 0.249 e. The minimum absolute atomic E-state index is 0.438. The molecular formula is C23H19ClN4OS. The summed E-state index contributed by atoms with van der Waals surface area (Å²) in [6.45, 7) is 0. The van der Waals surface area contributed by atoms with E-state index in [9.17, 15) is 4.79 Å². The van der Waals surface area contributed by atoms with Gasteiger partial charge in [0.05, 0.1) is 5.69 Å². The lowest BCUT2D eigenvalue weighted by Crippen LogP contribution is -2.13. The Morgan fingerprint density at radius 3 is 2.50 bits per heavy atom. The van der Waals surface area contributed by atoms with Crippen molar-refractivity contribution in [2.45, 2.75) is 17.3 Å². The van der Waals surface area contributed by atoms with Crippen LogP contribution in [0.5, 0.6) is 0 Å². The van der Waals surface area contributed by atoms with E-state index in [0.29, 0.717) is 22.8 Å². The fourth-order valence-corrected chi connectivity index (χ4v) is 4.35. The molecule has 0 bridgehead atoms. The average molecular weight is 435 g/mol. The molecule has 5 nitrogen and oxygen atoms in total. The number of hydrogen-bond acceptors (Lipinski definition) is 4. The molecule has 0 aliphatic heterocycles. The number of benzene rings is 3. The second-order valence-corrected chi connectivity index (χ2v) is 8.07. The predicted molar refractivity (Wildman–Crippen MR) is 120 cm³/mol. The van der Waals surface area contributed by atoms with Gasteiger partial charge in [0.15, 0.2) is 5.16 Å². The van der Waals surface area contributed by atoms with E-state index in [1.807, 2.05) is 59.2 Å². The molecule has 0 saturated carbocycles. The first-order valence-electron chi connectivity index (χ1n) is 9.36. The van der Waals surface area contributed by atoms with E-state index in [-0.39, 0.29) is 0 Å². The number of amides is 1. The first-order chi connectivity index (χ1) is 14.6. The van der Waals surface area contributed by atoms with Crippen molar-refractivity contribution in [2.24, 2.45) is 5.73 Å². The van der Waals surface area contributed by atoms with Gasteiger partial charge in [-0.25, -0.2) is 0 Å². The Labute approximate surface area is 183 Å². The lowest BCUT2D eigenvalue weighted by Gasteiger charge is -2.11. The van der Waals surface area contributed by atoms with Crippen molar-refractivity contribution >= 4 is 29.3 Å². The van der Waals surface area contributed by atoms with Crippen LogP contribution in [0.1, 0.15) is 27.3 Å². The number of rotatable bonds is 7. The third-order valence-corrected chi connectivity index (χ3v) is 5.82. The molecule has 1 amide bonds. The van der Waals surface area contributed by atoms with Crippen LogP contribution in [0.3, 0.4) is 0 Å². The Kier molecular flexibility index (Phi) is 6.16. The van der Waals surface area contributed by atoms with E-state index < -0.39 is 5.91 Å². The maximum atomic E-state index is 11.7. The largest absolute Gasteiger partial charge is 0.366 e. The van der Waals surface area contributed by atoms with Crippen molar-refractivity contribution in [3.8, 4) is 5.69 Å². The van der Waals surface area contributed by atoms with Gasteiger partial charge in [0.1, 0.15) is 5.82 Å². The van der Waals surface area contributed by atoms with Crippen LogP contribution in [0.2, 0.25) is 5.02 Å². The molecule has 0 aliphatic carbocycles. The standard InChI is InChI=1S/C23H19ClN4OS/c24-18-10-6-11-19(14-18)28-21(13-16-7-2-1-3-8-16)26-27-23(28)30-15-17-9-4-5-12-20(17)22(25)29/h1-12,14H,13,15H2,(H2,25,29). The SMILES string of the molecule is NC(=O)c1ccccc1CSc1nnc(Cc2ccccc2)n1-c1cccc(Cl)c1. The quantitative estimate of drug-likeness (QED) is 0.420. The van der Waals surface area contributed by atoms with E-state index in [0.717, 1.165) is 27.8 Å². The number of hydrogen-bond donors (Lipinski definition) is 1. The van der Waals surface area contributed by atoms with E-state index in [4.69, 9.17) is 17.3 Å². The zero-order chi connectivity index (χ0) is 20.9. The fraction of sp³-hybridized carbons (Fsp3) is 0.0870. The highest BCUT2D eigenvalue weighted by Gasteiger charge is 2.16. The van der Waals surface area contributed by atoms with Crippen LogP contribution >= 0.6 is 23.4 Å². The van der Waals surface area contributed by atoms with Gasteiger partial charge in [0, 0.05) is 22.8 Å². The highest BCUT2D eigenvalue weighted by Crippen LogP contribution is 2.28. The molecule has 1 aromatic heterocycles. The molecule has 0 saturated heterocycles. The van der Waals surface area contributed by atoms with E-state index in [1.165, 1.54) is 11.8 Å². The first-order valence-corrected chi connectivity index (χ1v) is 10.7. The molecule has 0 fully saturated rings. The van der Waals surface area contributed by atoms with Gasteiger partial charge in [0.25, 0.3) is 0 Å². The minimum atomic E-state index is -0.438. The van der Waals surface area contributed by atoms with Crippen molar-refractivity contribution in [1.29, 1.82) is 0 Å². The number of nitrogens with zero attached hydrogens (tertiary/aromatic N) is 3. The summed E-state index contributed by atoms with van der Waals surface area (Å²) >= 11 is 7.75. The summed E-state index contributed by atoms with van der Waals surface area (Å²) in [5, 5.41) is 10.2. The zero-order valence-corrected chi connectivity index (χ0v) is 17.6. The summed E-state index contributed by atoms with van der Waals surface area (Å²) < 4.78 is 2.01. The Morgan fingerprint density at radius 1 is 0.967 bits per heavy atom. The fourth-order valence-electron chi connectivity index (χ4n) is 3.19. The Balaban J connectivity index is 1.69. The van der Waals surface area contributed by atoms with Crippen molar-refractivity contribution in [1.82, 2.24) is 14.8 Å². The van der Waals surface area contributed by atoms with Crippen molar-refractivity contribution in [3.05, 3.63) is 106 Å². The maximum absolute atomic E-state index is 11.7. The third kappa shape index (κ3) is 4.56. The minimum Gasteiger partial charge on any atom is -0.366 e. The molecule has 0 aliphatic rings. The number of carbonyl (C=O) groups is 1. The summed E-state index contributed by atoms with van der Waals surface area (Å²) in [6, 6.07) is 25.1. The van der Waals surface area contributed by atoms with Gasteiger partial charge in [-0.05, 0) is 35.4 Å². The monoisotopic (exact) mass is 434 g/mol. The summed E-state index contributed by atoms with van der Waals surface area (Å²) in [6.07, 6.45) is 0.638. The molecular weight excluding hydrogens is 416 g/mol. The van der Waals surface area contributed by atoms with Crippen LogP contribution in [0.25, 0.3) is 5.69 Å². The topological polar surface area (TPSA) is 73.8 Å². The van der Waals surface area contributed by atoms with Crippen LogP contribution in [0, 0.1) is 0 Å². The molecule has 7 heteroatoms. The second-order valence-electron chi connectivity index (χ2n) is 6.69. The molecule has 0 unspecified atom stereocenters. The van der Waals surface area contributed by atoms with Crippen molar-refractivity contribution < 1.29 is 4.79 Å². The first kappa shape index (κ1) is 20.2. The van der Waals surface area contributed by atoms with Crippen molar-refractivity contribution in [3.63, 3.8) is 0 Å². The van der Waals surface area contributed by atoms with Gasteiger partial charge in [-0.3, -0.25) is 9.36 Å². The van der Waals surface area contributed by atoms with Crippen LogP contribution in [0.15, 0.2) is 84.0 Å². The highest BCUT2D eigenvalue weighted by molar-refractivity contribution is 7.98. The predicted octanol–water partition coefficient (Wildman–Crippen LogP) is 4.90. The van der Waals surface area contributed by atoms with Crippen LogP contribution in [0.4, 0.5) is 0 Å². The van der Waals surface area contributed by atoms with Crippen molar-refractivity contribution in [2.75, 3.05) is 0 Å². The molecule has 2 N–H and O–H groups in total. The van der Waals surface area contributed by atoms with Crippen LogP contribution in [-0.2, 0) is 12.2 Å². The summed E-state index contributed by atoms with van der Waals surface area (Å²) in [5.74, 6) is 0.921.